The van der Waals surface area contributed by atoms with Crippen molar-refractivity contribution in [2.45, 2.75) is 25.7 Å². The highest BCUT2D eigenvalue weighted by atomic mass is 16.7. The first-order chi connectivity index (χ1) is 23.1. The van der Waals surface area contributed by atoms with E-state index < -0.39 is 9.96 Å². The maximum atomic E-state index is 10.9. The number of non-ortho nitro benzene ring substituents is 2. The van der Waals surface area contributed by atoms with Crippen LogP contribution in [0.1, 0.15) is 25.7 Å². The largest absolute Gasteiger partial charge is 0.381 e. The lowest BCUT2D eigenvalue weighted by Crippen LogP contribution is -2.29. The molecule has 260 valence electrons. The van der Waals surface area contributed by atoms with Crippen molar-refractivity contribution in [1.29, 1.82) is 0 Å². The molecule has 7 rings (SSSR count). The number of nitrogens with zero attached hydrogens (tertiary/aromatic N) is 9. The van der Waals surface area contributed by atoms with Crippen molar-refractivity contribution in [3.05, 3.63) is 72.9 Å². The highest BCUT2D eigenvalue weighted by molar-refractivity contribution is 5.91. The summed E-state index contributed by atoms with van der Waals surface area (Å²) in [7, 11) is 4.28. The molecule has 0 aliphatic carbocycles. The molecule has 3 saturated heterocycles. The normalized spacial score (nSPS) is 17.2. The number of fused-ring (bicyclic) bond motifs is 2. The number of hydrogen-bond acceptors (Lipinski definition) is 13. The lowest BCUT2D eigenvalue weighted by atomic mass is 10.2. The molecule has 0 amide bonds. The van der Waals surface area contributed by atoms with Gasteiger partial charge in [-0.3, -0.25) is 25.3 Å². The molecule has 0 spiro atoms. The summed E-state index contributed by atoms with van der Waals surface area (Å²) < 4.78 is 4.94. The highest BCUT2D eigenvalue weighted by Gasteiger charge is 2.19. The summed E-state index contributed by atoms with van der Waals surface area (Å²) in [5.74, 6) is 0.819. The van der Waals surface area contributed by atoms with Crippen LogP contribution in [-0.4, -0.2) is 124 Å². The topological polar surface area (TPSA) is 207 Å². The zero-order valence-electron chi connectivity index (χ0n) is 27.3. The maximum absolute atomic E-state index is 10.9. The molecular formula is C30H43N11O7. The zero-order valence-corrected chi connectivity index (χ0v) is 27.3. The number of aromatic amines is 1. The van der Waals surface area contributed by atoms with Crippen LogP contribution in [0.2, 0.25) is 0 Å². The molecule has 0 radical (unpaired) electrons. The Kier molecular flexibility index (Phi) is 13.5. The van der Waals surface area contributed by atoms with Gasteiger partial charge in [-0.1, -0.05) is 0 Å². The maximum Gasteiger partial charge on any atom is 0.270 e. The molecule has 0 saturated carbocycles. The van der Waals surface area contributed by atoms with Crippen molar-refractivity contribution in [2.24, 2.45) is 0 Å². The molecule has 0 bridgehead atoms. The van der Waals surface area contributed by atoms with Crippen LogP contribution < -0.4 is 10.2 Å². The van der Waals surface area contributed by atoms with E-state index in [0.717, 1.165) is 75.3 Å². The average Bonchev–Trinajstić information content (AvgIpc) is 3.81. The van der Waals surface area contributed by atoms with Gasteiger partial charge in [0.25, 0.3) is 11.4 Å². The fraction of sp³-hybridized carbons (Fsp3) is 0.533. The Morgan fingerprint density at radius 2 is 1.46 bits per heavy atom. The van der Waals surface area contributed by atoms with Gasteiger partial charge in [0, 0.05) is 75.0 Å². The van der Waals surface area contributed by atoms with Gasteiger partial charge in [-0.25, -0.2) is 0 Å². The van der Waals surface area contributed by atoms with Crippen molar-refractivity contribution in [1.82, 2.24) is 35.2 Å². The SMILES string of the molecule is C1CCOC1.CN1CCCN(c2n[nH]c3ccc([N+](=O)[O-])cc23)CC1.CN1CCCNCC1.O=[N+]([O-])c1ccc2nn([N+](=O)[O-])cc2c1. The third-order valence-electron chi connectivity index (χ3n) is 8.00. The molecule has 3 fully saturated rings. The first-order valence-electron chi connectivity index (χ1n) is 15.9. The zero-order chi connectivity index (χ0) is 34.5. The van der Waals surface area contributed by atoms with Gasteiger partial charge < -0.3 is 34.9 Å². The third kappa shape index (κ3) is 10.6. The van der Waals surface area contributed by atoms with Crippen LogP contribution in [0.25, 0.3) is 21.8 Å². The second-order valence-electron chi connectivity index (χ2n) is 11.7. The van der Waals surface area contributed by atoms with Crippen LogP contribution in [0.3, 0.4) is 0 Å². The van der Waals surface area contributed by atoms with Gasteiger partial charge in [0.15, 0.2) is 5.82 Å². The van der Waals surface area contributed by atoms with Gasteiger partial charge in [-0.15, -0.1) is 0 Å². The Balaban J connectivity index is 0.000000162. The molecule has 3 aliphatic rings. The third-order valence-corrected chi connectivity index (χ3v) is 8.00. The fourth-order valence-corrected chi connectivity index (χ4v) is 5.29. The minimum absolute atomic E-state index is 0.104. The van der Waals surface area contributed by atoms with E-state index in [4.69, 9.17) is 4.74 Å². The Bertz CT molecular complexity index is 1630. The Morgan fingerprint density at radius 3 is 2.15 bits per heavy atom. The molecule has 48 heavy (non-hydrogen) atoms. The standard InChI is InChI=1S/C13H17N5O2.C7H4N4O4.C6H14N2.C4H8O/c1-16-5-2-6-17(8-7-16)13-11-9-10(18(19)20)3-4-12(11)14-15-13;12-10(13)6-1-2-7-5(3-6)4-9(8-7)11(14)15;1-8-5-2-3-7-4-6-8;1-2-4-5-3-1/h3-4,9H,2,5-8H2,1H3,(H,14,15);1-4H;7H,2-6H2,1H3;1-4H2. The molecule has 5 heterocycles. The van der Waals surface area contributed by atoms with E-state index in [9.17, 15) is 30.3 Å². The second kappa shape index (κ2) is 17.9. The van der Waals surface area contributed by atoms with Gasteiger partial charge in [0.05, 0.1) is 36.3 Å². The molecule has 0 atom stereocenters. The van der Waals surface area contributed by atoms with Crippen LogP contribution in [0.5, 0.6) is 0 Å². The Labute approximate surface area is 277 Å². The first kappa shape index (κ1) is 36.1. The molecule has 2 aromatic carbocycles. The van der Waals surface area contributed by atoms with Gasteiger partial charge in [-0.05, 0) is 71.5 Å². The number of nitro benzene ring substituents is 2. The lowest BCUT2D eigenvalue weighted by molar-refractivity contribution is -0.552. The number of ether oxygens (including phenoxy) is 1. The molecule has 4 aromatic rings. The summed E-state index contributed by atoms with van der Waals surface area (Å²) in [4.78, 5) is 38.1. The molecule has 2 aromatic heterocycles. The van der Waals surface area contributed by atoms with Gasteiger partial charge >= 0.3 is 0 Å². The van der Waals surface area contributed by atoms with E-state index in [-0.39, 0.29) is 16.3 Å². The van der Waals surface area contributed by atoms with E-state index in [0.29, 0.717) is 15.7 Å². The minimum Gasteiger partial charge on any atom is -0.381 e. The number of hydrogen-bond donors (Lipinski definition) is 2. The summed E-state index contributed by atoms with van der Waals surface area (Å²) in [5.41, 5.74) is 1.16. The molecule has 0 unspecified atom stereocenters. The van der Waals surface area contributed by atoms with Gasteiger partial charge in [0.2, 0.25) is 5.52 Å². The van der Waals surface area contributed by atoms with Crippen LogP contribution in [-0.2, 0) is 4.74 Å². The van der Waals surface area contributed by atoms with Crippen LogP contribution in [0.4, 0.5) is 17.2 Å². The Hall–Kier alpha value is -4.78. The predicted octanol–water partition coefficient (Wildman–Crippen LogP) is 3.31. The number of rotatable bonds is 4. The number of H-pyrrole nitrogens is 1. The first-order valence-corrected chi connectivity index (χ1v) is 15.9. The van der Waals surface area contributed by atoms with Gasteiger partial charge in [0.1, 0.15) is 6.20 Å². The molecule has 18 nitrogen and oxygen atoms in total. The van der Waals surface area contributed by atoms with Crippen molar-refractivity contribution >= 4 is 39.0 Å². The smallest absolute Gasteiger partial charge is 0.270 e. The number of aromatic nitrogens is 4. The average molecular weight is 670 g/mol. The highest BCUT2D eigenvalue weighted by Crippen LogP contribution is 2.28. The van der Waals surface area contributed by atoms with Gasteiger partial charge in [-0.2, -0.15) is 5.10 Å². The summed E-state index contributed by atoms with van der Waals surface area (Å²) in [6.07, 6.45) is 6.05. The summed E-state index contributed by atoms with van der Waals surface area (Å²) in [5, 5.41) is 46.4. The number of benzene rings is 2. The summed E-state index contributed by atoms with van der Waals surface area (Å²) in [6, 6.07) is 8.67. The van der Waals surface area contributed by atoms with E-state index in [1.54, 1.807) is 12.1 Å². The van der Waals surface area contributed by atoms with E-state index in [1.165, 1.54) is 63.2 Å². The number of anilines is 1. The fourth-order valence-electron chi connectivity index (χ4n) is 5.29. The monoisotopic (exact) mass is 669 g/mol. The van der Waals surface area contributed by atoms with Crippen LogP contribution >= 0.6 is 0 Å². The predicted molar refractivity (Wildman–Crippen MR) is 181 cm³/mol. The minimum atomic E-state index is -0.716. The number of likely N-dealkylation sites (N-methyl/N-ethyl adjacent to an activating group) is 2. The van der Waals surface area contributed by atoms with E-state index >= 15 is 0 Å². The Morgan fingerprint density at radius 1 is 0.771 bits per heavy atom. The molecule has 3 aliphatic heterocycles. The summed E-state index contributed by atoms with van der Waals surface area (Å²) >= 11 is 0. The van der Waals surface area contributed by atoms with E-state index in [1.807, 2.05) is 0 Å². The quantitative estimate of drug-likeness (QED) is 0.237. The molecule has 2 N–H and O–H groups in total. The molecule has 18 heteroatoms. The van der Waals surface area contributed by atoms with Crippen molar-refractivity contribution in [3.63, 3.8) is 0 Å². The van der Waals surface area contributed by atoms with Crippen molar-refractivity contribution in [2.75, 3.05) is 84.6 Å². The van der Waals surface area contributed by atoms with Crippen molar-refractivity contribution in [3.8, 4) is 0 Å². The van der Waals surface area contributed by atoms with Crippen LogP contribution in [0.15, 0.2) is 42.6 Å². The van der Waals surface area contributed by atoms with Crippen molar-refractivity contribution < 1.29 is 19.6 Å². The number of nitro groups is 3. The number of nitrogens with one attached hydrogen (secondary N) is 2. The summed E-state index contributed by atoms with van der Waals surface area (Å²) in [6.45, 7) is 10.7. The second-order valence-corrected chi connectivity index (χ2v) is 11.7. The van der Waals surface area contributed by atoms with E-state index in [2.05, 4.69) is 49.4 Å². The lowest BCUT2D eigenvalue weighted by Gasteiger charge is -2.20. The molecular weight excluding hydrogens is 626 g/mol. The van der Waals surface area contributed by atoms with Crippen LogP contribution in [0, 0.1) is 30.3 Å².